The van der Waals surface area contributed by atoms with Crippen LogP contribution in [0.5, 0.6) is 0 Å². The predicted octanol–water partition coefficient (Wildman–Crippen LogP) is 1.58. The number of rotatable bonds is 10. The number of hydrogen-bond acceptors (Lipinski definition) is 6. The zero-order valence-corrected chi connectivity index (χ0v) is 13.3. The van der Waals surface area contributed by atoms with Crippen LogP contribution in [-0.2, 0) is 23.4 Å². The summed E-state index contributed by atoms with van der Waals surface area (Å²) in [4.78, 5) is 1.90. The number of hydrogen-bond donors (Lipinski definition) is 0. The third kappa shape index (κ3) is 8.21. The van der Waals surface area contributed by atoms with Gasteiger partial charge in [0.1, 0.15) is 0 Å². The fraction of sp³-hybridized carbons (Fsp3) is 1.00. The highest BCUT2D eigenvalue weighted by molar-refractivity contribution is 7.97. The first-order valence-corrected chi connectivity index (χ1v) is 9.53. The zero-order chi connectivity index (χ0) is 14.2. The van der Waals surface area contributed by atoms with Crippen LogP contribution in [0.4, 0.5) is 0 Å². The van der Waals surface area contributed by atoms with E-state index in [2.05, 4.69) is 0 Å². The fourth-order valence-corrected chi connectivity index (χ4v) is 5.88. The van der Waals surface area contributed by atoms with Gasteiger partial charge in [0.05, 0.1) is 19.0 Å². The predicted molar refractivity (Wildman–Crippen MR) is 72.7 cm³/mol. The molecule has 0 rings (SSSR count). The highest BCUT2D eigenvalue weighted by atomic mass is 32.2. The van der Waals surface area contributed by atoms with Gasteiger partial charge in [0.25, 0.3) is 0 Å². The first-order chi connectivity index (χ1) is 8.24. The molecule has 0 aromatic carbocycles. The van der Waals surface area contributed by atoms with E-state index in [0.29, 0.717) is 13.0 Å². The summed E-state index contributed by atoms with van der Waals surface area (Å²) < 4.78 is 45.7. The van der Waals surface area contributed by atoms with Gasteiger partial charge >= 0.3 is 7.60 Å². The molecule has 0 N–H and O–H groups in total. The second kappa shape index (κ2) is 8.27. The molecule has 0 aromatic heterocycles. The van der Waals surface area contributed by atoms with Gasteiger partial charge in [-0.25, -0.2) is 8.42 Å². The summed E-state index contributed by atoms with van der Waals surface area (Å²) in [6, 6.07) is 0. The van der Waals surface area contributed by atoms with Crippen molar-refractivity contribution in [3.8, 4) is 0 Å². The lowest BCUT2D eigenvalue weighted by atomic mass is 10.5. The Bertz CT molecular complexity index is 358. The molecule has 0 spiro atoms. The molecular weight excluding hydrogens is 277 g/mol. The summed E-state index contributed by atoms with van der Waals surface area (Å²) in [7, 11) is -3.18. The Morgan fingerprint density at radius 2 is 1.61 bits per heavy atom. The van der Waals surface area contributed by atoms with Crippen LogP contribution in [0.2, 0.25) is 0 Å². The van der Waals surface area contributed by atoms with E-state index in [1.807, 2.05) is 19.0 Å². The highest BCUT2D eigenvalue weighted by Crippen LogP contribution is 2.49. The van der Waals surface area contributed by atoms with Crippen molar-refractivity contribution >= 4 is 17.4 Å². The molecular formula is C10H24NO5PS. The lowest BCUT2D eigenvalue weighted by molar-refractivity contribution is 0.224. The minimum atomic E-state index is -3.51. The Labute approximate surface area is 110 Å². The molecule has 0 radical (unpaired) electrons. The molecule has 8 heteroatoms. The first kappa shape index (κ1) is 18.1. The molecule has 0 atom stereocenters. The average Bonchev–Trinajstić information content (AvgIpc) is 2.15. The van der Waals surface area contributed by atoms with Crippen molar-refractivity contribution < 1.29 is 22.0 Å². The van der Waals surface area contributed by atoms with Crippen molar-refractivity contribution in [2.45, 2.75) is 20.3 Å². The van der Waals surface area contributed by atoms with Crippen LogP contribution in [0, 0.1) is 0 Å². The van der Waals surface area contributed by atoms with Gasteiger partial charge in [0, 0.05) is 0 Å². The Balaban J connectivity index is 4.47. The molecule has 0 fully saturated rings. The third-order valence-electron chi connectivity index (χ3n) is 2.07. The van der Waals surface area contributed by atoms with E-state index in [9.17, 15) is 13.0 Å². The summed E-state index contributed by atoms with van der Waals surface area (Å²) in [5.74, 6) is -0.00464. The number of nitrogens with zero attached hydrogens (tertiary/aromatic N) is 1. The van der Waals surface area contributed by atoms with E-state index in [4.69, 9.17) is 9.05 Å². The molecule has 0 aliphatic carbocycles. The highest BCUT2D eigenvalue weighted by Gasteiger charge is 2.31. The normalized spacial score (nSPS) is 13.2. The van der Waals surface area contributed by atoms with Crippen LogP contribution in [0.3, 0.4) is 0 Å². The van der Waals surface area contributed by atoms with E-state index < -0.39 is 22.9 Å². The van der Waals surface area contributed by atoms with Crippen molar-refractivity contribution in [2.24, 2.45) is 0 Å². The lowest BCUT2D eigenvalue weighted by Crippen LogP contribution is -2.19. The van der Waals surface area contributed by atoms with E-state index in [0.717, 1.165) is 0 Å². The van der Waals surface area contributed by atoms with Crippen molar-refractivity contribution in [2.75, 3.05) is 45.1 Å². The molecule has 0 saturated heterocycles. The Hall–Kier alpha value is 0.0600. The summed E-state index contributed by atoms with van der Waals surface area (Å²) in [5.41, 5.74) is -0.533. The second-order valence-corrected chi connectivity index (χ2v) is 8.85. The minimum absolute atomic E-state index is 0.00464. The van der Waals surface area contributed by atoms with Crippen LogP contribution < -0.4 is 0 Å². The monoisotopic (exact) mass is 301 g/mol. The van der Waals surface area contributed by atoms with Crippen LogP contribution in [0.1, 0.15) is 20.3 Å². The van der Waals surface area contributed by atoms with Crippen molar-refractivity contribution in [1.29, 1.82) is 0 Å². The molecule has 0 unspecified atom stereocenters. The van der Waals surface area contributed by atoms with Crippen molar-refractivity contribution in [3.05, 3.63) is 0 Å². The van der Waals surface area contributed by atoms with Gasteiger partial charge in [-0.15, -0.1) is 0 Å². The van der Waals surface area contributed by atoms with Gasteiger partial charge in [0.2, 0.25) is 0 Å². The van der Waals surface area contributed by atoms with E-state index in [-0.39, 0.29) is 19.0 Å². The van der Waals surface area contributed by atoms with Gasteiger partial charge in [-0.3, -0.25) is 4.57 Å². The Morgan fingerprint density at radius 1 is 1.11 bits per heavy atom. The fourth-order valence-electron chi connectivity index (χ4n) is 1.41. The van der Waals surface area contributed by atoms with Gasteiger partial charge in [-0.1, -0.05) is 0 Å². The molecule has 18 heavy (non-hydrogen) atoms. The number of sulfone groups is 1. The quantitative estimate of drug-likeness (QED) is 0.570. The summed E-state index contributed by atoms with van der Waals surface area (Å²) in [6.45, 7) is 4.33. The van der Waals surface area contributed by atoms with Gasteiger partial charge in [-0.05, 0) is 40.9 Å². The van der Waals surface area contributed by atoms with Crippen molar-refractivity contribution in [1.82, 2.24) is 4.90 Å². The van der Waals surface area contributed by atoms with Crippen molar-refractivity contribution in [3.63, 3.8) is 0 Å². The second-order valence-electron chi connectivity index (χ2n) is 4.18. The molecule has 0 aliphatic rings. The first-order valence-electron chi connectivity index (χ1n) is 5.98. The van der Waals surface area contributed by atoms with Crippen LogP contribution in [-0.4, -0.2) is 58.4 Å². The maximum absolute atomic E-state index is 12.1. The van der Waals surface area contributed by atoms with Gasteiger partial charge in [0.15, 0.2) is 15.3 Å². The van der Waals surface area contributed by atoms with Gasteiger partial charge in [-0.2, -0.15) is 0 Å². The lowest BCUT2D eigenvalue weighted by Gasteiger charge is -2.17. The molecule has 0 heterocycles. The standard InChI is InChI=1S/C10H24NO5PS/c1-5-15-17(12,16-6-2)10-18(13,14)9-7-8-11(3)4/h5-10H2,1-4H3. The SMILES string of the molecule is CCOP(=O)(CS(=O)(=O)CCCN(C)C)OCC. The zero-order valence-electron chi connectivity index (χ0n) is 11.6. The molecule has 6 nitrogen and oxygen atoms in total. The van der Waals surface area contributed by atoms with Gasteiger partial charge < -0.3 is 13.9 Å². The minimum Gasteiger partial charge on any atom is -0.309 e. The van der Waals surface area contributed by atoms with Crippen LogP contribution in [0.15, 0.2) is 0 Å². The topological polar surface area (TPSA) is 72.9 Å². The van der Waals surface area contributed by atoms with Crippen LogP contribution in [0.25, 0.3) is 0 Å². The maximum atomic E-state index is 12.1. The summed E-state index contributed by atoms with van der Waals surface area (Å²) >= 11 is 0. The Morgan fingerprint density at radius 3 is 2.00 bits per heavy atom. The van der Waals surface area contributed by atoms with E-state index in [1.165, 1.54) is 0 Å². The van der Waals surface area contributed by atoms with Crippen LogP contribution >= 0.6 is 7.60 Å². The summed E-state index contributed by atoms with van der Waals surface area (Å²) in [5, 5.41) is 0. The maximum Gasteiger partial charge on any atom is 0.345 e. The summed E-state index contributed by atoms with van der Waals surface area (Å²) in [6.07, 6.45) is 0.508. The molecule has 110 valence electrons. The molecule has 0 saturated carbocycles. The van der Waals surface area contributed by atoms with E-state index >= 15 is 0 Å². The average molecular weight is 301 g/mol. The third-order valence-corrected chi connectivity index (χ3v) is 7.12. The Kier molecular flexibility index (Phi) is 8.30. The largest absolute Gasteiger partial charge is 0.345 e. The molecule has 0 aliphatic heterocycles. The molecule has 0 amide bonds. The molecule has 0 aromatic rings. The molecule has 0 bridgehead atoms. The van der Waals surface area contributed by atoms with E-state index in [1.54, 1.807) is 13.8 Å². The smallest absolute Gasteiger partial charge is 0.309 e.